The molecule has 0 radical (unpaired) electrons. The van der Waals surface area contributed by atoms with Crippen LogP contribution in [-0.4, -0.2) is 25.7 Å². The molecule has 20 heavy (non-hydrogen) atoms. The molecule has 0 aliphatic heterocycles. The maximum atomic E-state index is 5.69. The Morgan fingerprint density at radius 3 is 2.80 bits per heavy atom. The van der Waals surface area contributed by atoms with Crippen molar-refractivity contribution in [2.45, 2.75) is 39.8 Å². The molecular formula is C16H25N3O. The second-order valence-corrected chi connectivity index (χ2v) is 5.43. The second-order valence-electron chi connectivity index (χ2n) is 5.43. The summed E-state index contributed by atoms with van der Waals surface area (Å²) in [5.41, 5.74) is 2.37. The van der Waals surface area contributed by atoms with E-state index in [0.29, 0.717) is 12.6 Å². The Kier molecular flexibility index (Phi) is 4.88. The van der Waals surface area contributed by atoms with Crippen LogP contribution >= 0.6 is 0 Å². The number of benzene rings is 1. The zero-order chi connectivity index (χ0) is 14.5. The highest BCUT2D eigenvalue weighted by Crippen LogP contribution is 2.28. The van der Waals surface area contributed by atoms with Gasteiger partial charge in [-0.15, -0.1) is 0 Å². The lowest BCUT2D eigenvalue weighted by Gasteiger charge is -2.14. The SMILES string of the molecule is CCOc1cc(C)ccc1CNC(=NC)NC1CC1C. The average molecular weight is 275 g/mol. The van der Waals surface area contributed by atoms with Crippen molar-refractivity contribution < 1.29 is 4.74 Å². The third-order valence-electron chi connectivity index (χ3n) is 3.62. The molecule has 2 N–H and O–H groups in total. The zero-order valence-electron chi connectivity index (χ0n) is 12.9. The Balaban J connectivity index is 1.95. The molecular weight excluding hydrogens is 250 g/mol. The highest BCUT2D eigenvalue weighted by atomic mass is 16.5. The predicted octanol–water partition coefficient (Wildman–Crippen LogP) is 2.47. The smallest absolute Gasteiger partial charge is 0.191 e. The molecule has 0 heterocycles. The van der Waals surface area contributed by atoms with Crippen molar-refractivity contribution in [2.24, 2.45) is 10.9 Å². The largest absolute Gasteiger partial charge is 0.494 e. The van der Waals surface area contributed by atoms with Crippen LogP contribution in [0.15, 0.2) is 23.2 Å². The third-order valence-corrected chi connectivity index (χ3v) is 3.62. The minimum absolute atomic E-state index is 0.575. The molecule has 1 aromatic carbocycles. The van der Waals surface area contributed by atoms with E-state index in [2.05, 4.69) is 47.7 Å². The molecule has 2 unspecified atom stereocenters. The van der Waals surface area contributed by atoms with Crippen molar-refractivity contribution in [3.8, 4) is 5.75 Å². The molecule has 1 saturated carbocycles. The van der Waals surface area contributed by atoms with Crippen LogP contribution < -0.4 is 15.4 Å². The van der Waals surface area contributed by atoms with Gasteiger partial charge in [0.15, 0.2) is 5.96 Å². The van der Waals surface area contributed by atoms with Gasteiger partial charge in [-0.2, -0.15) is 0 Å². The fourth-order valence-electron chi connectivity index (χ4n) is 2.17. The van der Waals surface area contributed by atoms with Crippen LogP contribution in [0.1, 0.15) is 31.4 Å². The molecule has 1 aliphatic carbocycles. The van der Waals surface area contributed by atoms with Gasteiger partial charge in [0.05, 0.1) is 6.61 Å². The van der Waals surface area contributed by atoms with E-state index in [1.165, 1.54) is 12.0 Å². The van der Waals surface area contributed by atoms with Crippen LogP contribution in [0.25, 0.3) is 0 Å². The molecule has 2 rings (SSSR count). The summed E-state index contributed by atoms with van der Waals surface area (Å²) in [6, 6.07) is 6.88. The van der Waals surface area contributed by atoms with Crippen molar-refractivity contribution in [3.05, 3.63) is 29.3 Å². The van der Waals surface area contributed by atoms with E-state index in [1.54, 1.807) is 7.05 Å². The highest BCUT2D eigenvalue weighted by Gasteiger charge is 2.33. The summed E-state index contributed by atoms with van der Waals surface area (Å²) >= 11 is 0. The van der Waals surface area contributed by atoms with E-state index in [4.69, 9.17) is 4.74 Å². The minimum Gasteiger partial charge on any atom is -0.494 e. The maximum absolute atomic E-state index is 5.69. The number of aryl methyl sites for hydroxylation is 1. The molecule has 0 saturated heterocycles. The Hall–Kier alpha value is -1.71. The molecule has 0 spiro atoms. The Bertz CT molecular complexity index is 485. The first kappa shape index (κ1) is 14.7. The molecule has 4 nitrogen and oxygen atoms in total. The van der Waals surface area contributed by atoms with Crippen LogP contribution in [0.4, 0.5) is 0 Å². The van der Waals surface area contributed by atoms with Gasteiger partial charge >= 0.3 is 0 Å². The summed E-state index contributed by atoms with van der Waals surface area (Å²) in [6.45, 7) is 7.74. The van der Waals surface area contributed by atoms with Crippen LogP contribution in [0, 0.1) is 12.8 Å². The van der Waals surface area contributed by atoms with Gasteiger partial charge in [0.1, 0.15) is 5.75 Å². The number of rotatable bonds is 5. The van der Waals surface area contributed by atoms with Crippen LogP contribution in [-0.2, 0) is 6.54 Å². The maximum Gasteiger partial charge on any atom is 0.191 e. The molecule has 110 valence electrons. The van der Waals surface area contributed by atoms with Crippen molar-refractivity contribution >= 4 is 5.96 Å². The first-order valence-corrected chi connectivity index (χ1v) is 7.33. The first-order valence-electron chi connectivity index (χ1n) is 7.33. The van der Waals surface area contributed by atoms with E-state index in [-0.39, 0.29) is 0 Å². The quantitative estimate of drug-likeness (QED) is 0.641. The molecule has 0 aromatic heterocycles. The number of hydrogen-bond acceptors (Lipinski definition) is 2. The van der Waals surface area contributed by atoms with Crippen molar-refractivity contribution in [2.75, 3.05) is 13.7 Å². The van der Waals surface area contributed by atoms with Gasteiger partial charge in [-0.3, -0.25) is 4.99 Å². The number of guanidine groups is 1. The summed E-state index contributed by atoms with van der Waals surface area (Å²) in [4.78, 5) is 4.26. The van der Waals surface area contributed by atoms with E-state index < -0.39 is 0 Å². The molecule has 2 atom stereocenters. The number of nitrogens with zero attached hydrogens (tertiary/aromatic N) is 1. The number of ether oxygens (including phenoxy) is 1. The van der Waals surface area contributed by atoms with E-state index in [9.17, 15) is 0 Å². The van der Waals surface area contributed by atoms with Crippen molar-refractivity contribution in [1.29, 1.82) is 0 Å². The third kappa shape index (κ3) is 3.89. The summed E-state index contributed by atoms with van der Waals surface area (Å²) in [6.07, 6.45) is 1.23. The lowest BCUT2D eigenvalue weighted by Crippen LogP contribution is -2.38. The zero-order valence-corrected chi connectivity index (χ0v) is 12.9. The van der Waals surface area contributed by atoms with E-state index in [0.717, 1.165) is 29.7 Å². The van der Waals surface area contributed by atoms with E-state index >= 15 is 0 Å². The summed E-state index contributed by atoms with van der Waals surface area (Å²) in [5.74, 6) is 2.57. The lowest BCUT2D eigenvalue weighted by molar-refractivity contribution is 0.336. The Morgan fingerprint density at radius 1 is 1.45 bits per heavy atom. The topological polar surface area (TPSA) is 45.6 Å². The minimum atomic E-state index is 0.575. The molecule has 0 bridgehead atoms. The van der Waals surface area contributed by atoms with Gasteiger partial charge in [-0.05, 0) is 37.8 Å². The Morgan fingerprint density at radius 2 is 2.20 bits per heavy atom. The molecule has 4 heteroatoms. The van der Waals surface area contributed by atoms with Gasteiger partial charge in [0, 0.05) is 25.2 Å². The number of nitrogens with one attached hydrogen (secondary N) is 2. The van der Waals surface area contributed by atoms with Gasteiger partial charge in [0.25, 0.3) is 0 Å². The monoisotopic (exact) mass is 275 g/mol. The molecule has 1 fully saturated rings. The highest BCUT2D eigenvalue weighted by molar-refractivity contribution is 5.80. The van der Waals surface area contributed by atoms with Gasteiger partial charge < -0.3 is 15.4 Å². The average Bonchev–Trinajstić information content (AvgIpc) is 3.12. The molecule has 1 aliphatic rings. The Labute approximate surface area is 121 Å². The normalized spacial score (nSPS) is 21.5. The van der Waals surface area contributed by atoms with Crippen LogP contribution in [0.5, 0.6) is 5.75 Å². The number of aliphatic imine (C=N–C) groups is 1. The number of hydrogen-bond donors (Lipinski definition) is 2. The van der Waals surface area contributed by atoms with Crippen molar-refractivity contribution in [1.82, 2.24) is 10.6 Å². The predicted molar refractivity (Wildman–Crippen MR) is 83.3 cm³/mol. The van der Waals surface area contributed by atoms with Crippen molar-refractivity contribution in [3.63, 3.8) is 0 Å². The van der Waals surface area contributed by atoms with E-state index in [1.807, 2.05) is 6.92 Å². The first-order chi connectivity index (χ1) is 9.63. The second kappa shape index (κ2) is 6.64. The summed E-state index contributed by atoms with van der Waals surface area (Å²) in [5, 5.41) is 6.78. The summed E-state index contributed by atoms with van der Waals surface area (Å²) in [7, 11) is 1.81. The lowest BCUT2D eigenvalue weighted by atomic mass is 10.1. The van der Waals surface area contributed by atoms with Gasteiger partial charge in [-0.25, -0.2) is 0 Å². The van der Waals surface area contributed by atoms with Crippen LogP contribution in [0.3, 0.4) is 0 Å². The molecule has 1 aromatic rings. The molecule has 0 amide bonds. The standard InChI is InChI=1S/C16H25N3O/c1-5-20-15-8-11(2)6-7-13(15)10-18-16(17-4)19-14-9-12(14)3/h6-8,12,14H,5,9-10H2,1-4H3,(H2,17,18,19). The summed E-state index contributed by atoms with van der Waals surface area (Å²) < 4.78 is 5.69. The van der Waals surface area contributed by atoms with Crippen LogP contribution in [0.2, 0.25) is 0 Å². The van der Waals surface area contributed by atoms with Gasteiger partial charge in [0.2, 0.25) is 0 Å². The van der Waals surface area contributed by atoms with Gasteiger partial charge in [-0.1, -0.05) is 19.1 Å². The fourth-order valence-corrected chi connectivity index (χ4v) is 2.17. The fraction of sp³-hybridized carbons (Fsp3) is 0.562.